The third kappa shape index (κ3) is 4.41. The number of aliphatic hydroxyl groups excluding tert-OH is 1. The summed E-state index contributed by atoms with van der Waals surface area (Å²) in [5.41, 5.74) is -1.48. The van der Waals surface area contributed by atoms with Crippen molar-refractivity contribution < 1.29 is 27.8 Å². The number of carbonyl (C=O) groups excluding carboxylic acids is 1. The predicted octanol–water partition coefficient (Wildman–Crippen LogP) is 3.40. The minimum Gasteiger partial charge on any atom is -0.443 e. The molecule has 4 nitrogen and oxygen atoms in total. The first-order valence-electron chi connectivity index (χ1n) is 5.83. The van der Waals surface area contributed by atoms with Gasteiger partial charge in [0.1, 0.15) is 12.3 Å². The molecule has 0 saturated carbocycles. The van der Waals surface area contributed by atoms with Crippen molar-refractivity contribution >= 4 is 11.8 Å². The van der Waals surface area contributed by atoms with Gasteiger partial charge in [0, 0.05) is 5.69 Å². The highest BCUT2D eigenvalue weighted by Crippen LogP contribution is 2.30. The van der Waals surface area contributed by atoms with Gasteiger partial charge in [-0.1, -0.05) is 0 Å². The van der Waals surface area contributed by atoms with E-state index in [4.69, 9.17) is 4.74 Å². The lowest BCUT2D eigenvalue weighted by atomic mass is 10.2. The van der Waals surface area contributed by atoms with Gasteiger partial charge in [0.25, 0.3) is 0 Å². The fourth-order valence-electron chi connectivity index (χ4n) is 1.39. The number of benzene rings is 1. The van der Waals surface area contributed by atoms with E-state index in [2.05, 4.69) is 0 Å². The third-order valence-electron chi connectivity index (χ3n) is 2.26. The molecule has 0 aliphatic rings. The fourth-order valence-corrected chi connectivity index (χ4v) is 1.39. The molecule has 0 atom stereocenters. The number of alkyl halides is 3. The zero-order valence-corrected chi connectivity index (χ0v) is 11.4. The summed E-state index contributed by atoms with van der Waals surface area (Å²) < 4.78 is 42.3. The first-order chi connectivity index (χ1) is 9.04. The van der Waals surface area contributed by atoms with Crippen LogP contribution in [0.15, 0.2) is 24.3 Å². The van der Waals surface area contributed by atoms with E-state index in [0.29, 0.717) is 0 Å². The van der Waals surface area contributed by atoms with Gasteiger partial charge in [-0.15, -0.1) is 0 Å². The summed E-state index contributed by atoms with van der Waals surface area (Å²) in [7, 11) is 0. The summed E-state index contributed by atoms with van der Waals surface area (Å²) >= 11 is 0. The van der Waals surface area contributed by atoms with Crippen molar-refractivity contribution in [1.82, 2.24) is 0 Å². The standard InChI is InChI=1S/C13H16F3NO3/c1-12(2,3)20-11(19)17(8-18)10-6-4-9(5-7-10)13(14,15)16/h4-7,18H,8H2,1-3H3. The molecular formula is C13H16F3NO3. The maximum absolute atomic E-state index is 12.4. The molecular weight excluding hydrogens is 275 g/mol. The van der Waals surface area contributed by atoms with Crippen LogP contribution in [0.4, 0.5) is 23.7 Å². The van der Waals surface area contributed by atoms with Gasteiger partial charge < -0.3 is 9.84 Å². The Labute approximate surface area is 114 Å². The Morgan fingerprint density at radius 2 is 1.70 bits per heavy atom. The van der Waals surface area contributed by atoms with Crippen LogP contribution >= 0.6 is 0 Å². The molecule has 0 fully saturated rings. The Morgan fingerprint density at radius 1 is 1.20 bits per heavy atom. The quantitative estimate of drug-likeness (QED) is 0.850. The van der Waals surface area contributed by atoms with Gasteiger partial charge in [-0.2, -0.15) is 13.2 Å². The van der Waals surface area contributed by atoms with Crippen molar-refractivity contribution in [2.75, 3.05) is 11.6 Å². The molecule has 1 aromatic carbocycles. The Balaban J connectivity index is 2.94. The van der Waals surface area contributed by atoms with Gasteiger partial charge in [-0.25, -0.2) is 4.79 Å². The molecule has 1 amide bonds. The van der Waals surface area contributed by atoms with Crippen molar-refractivity contribution in [2.45, 2.75) is 32.5 Å². The molecule has 0 aliphatic carbocycles. The van der Waals surface area contributed by atoms with E-state index in [0.717, 1.165) is 29.2 Å². The molecule has 0 aliphatic heterocycles. The Morgan fingerprint density at radius 3 is 2.05 bits per heavy atom. The number of amides is 1. The highest BCUT2D eigenvalue weighted by molar-refractivity contribution is 5.87. The molecule has 0 radical (unpaired) electrons. The summed E-state index contributed by atoms with van der Waals surface area (Å²) in [5, 5.41) is 9.18. The molecule has 0 saturated heterocycles. The van der Waals surface area contributed by atoms with Crippen LogP contribution in [0, 0.1) is 0 Å². The number of hydrogen-bond acceptors (Lipinski definition) is 3. The molecule has 7 heteroatoms. The lowest BCUT2D eigenvalue weighted by Gasteiger charge is -2.26. The molecule has 20 heavy (non-hydrogen) atoms. The summed E-state index contributed by atoms with van der Waals surface area (Å²) in [6, 6.07) is 3.87. The van der Waals surface area contributed by atoms with Crippen LogP contribution in [0.3, 0.4) is 0 Å². The van der Waals surface area contributed by atoms with Crippen LogP contribution < -0.4 is 4.90 Å². The molecule has 1 aromatic rings. The minimum absolute atomic E-state index is 0.120. The van der Waals surface area contributed by atoms with E-state index in [1.54, 1.807) is 20.8 Å². The number of carbonyl (C=O) groups is 1. The number of rotatable bonds is 2. The van der Waals surface area contributed by atoms with Crippen molar-refractivity contribution in [2.24, 2.45) is 0 Å². The second-order valence-electron chi connectivity index (χ2n) is 5.09. The van der Waals surface area contributed by atoms with Gasteiger partial charge in [-0.05, 0) is 45.0 Å². The zero-order chi connectivity index (χ0) is 15.6. The lowest BCUT2D eigenvalue weighted by Crippen LogP contribution is -2.37. The normalized spacial score (nSPS) is 12.2. The number of halogens is 3. The van der Waals surface area contributed by atoms with Crippen LogP contribution in [0.2, 0.25) is 0 Å². The van der Waals surface area contributed by atoms with Crippen molar-refractivity contribution in [3.8, 4) is 0 Å². The van der Waals surface area contributed by atoms with E-state index in [1.807, 2.05) is 0 Å². The van der Waals surface area contributed by atoms with Crippen LogP contribution in [0.1, 0.15) is 26.3 Å². The van der Waals surface area contributed by atoms with Crippen LogP contribution in [0.25, 0.3) is 0 Å². The van der Waals surface area contributed by atoms with Crippen LogP contribution in [-0.2, 0) is 10.9 Å². The summed E-state index contributed by atoms with van der Waals surface area (Å²) in [6.07, 6.45) is -5.28. The molecule has 0 aromatic heterocycles. The summed E-state index contributed by atoms with van der Waals surface area (Å²) in [4.78, 5) is 12.6. The maximum atomic E-state index is 12.4. The molecule has 1 N–H and O–H groups in total. The molecule has 0 bridgehead atoms. The first-order valence-corrected chi connectivity index (χ1v) is 5.83. The number of ether oxygens (including phenoxy) is 1. The van der Waals surface area contributed by atoms with E-state index in [-0.39, 0.29) is 5.69 Å². The van der Waals surface area contributed by atoms with E-state index < -0.39 is 30.2 Å². The Bertz CT molecular complexity index is 463. The van der Waals surface area contributed by atoms with E-state index in [9.17, 15) is 23.1 Å². The number of anilines is 1. The molecule has 112 valence electrons. The van der Waals surface area contributed by atoms with E-state index >= 15 is 0 Å². The van der Waals surface area contributed by atoms with Gasteiger partial charge in [-0.3, -0.25) is 4.90 Å². The number of nitrogens with zero attached hydrogens (tertiary/aromatic N) is 1. The van der Waals surface area contributed by atoms with Gasteiger partial charge in [0.15, 0.2) is 0 Å². The molecule has 0 unspecified atom stereocenters. The second-order valence-corrected chi connectivity index (χ2v) is 5.09. The first kappa shape index (κ1) is 16.3. The third-order valence-corrected chi connectivity index (χ3v) is 2.26. The number of hydrogen-bond donors (Lipinski definition) is 1. The van der Waals surface area contributed by atoms with Crippen molar-refractivity contribution in [3.05, 3.63) is 29.8 Å². The van der Waals surface area contributed by atoms with Gasteiger partial charge in [0.2, 0.25) is 0 Å². The highest BCUT2D eigenvalue weighted by atomic mass is 19.4. The fraction of sp³-hybridized carbons (Fsp3) is 0.462. The van der Waals surface area contributed by atoms with Gasteiger partial charge >= 0.3 is 12.3 Å². The average Bonchev–Trinajstić information content (AvgIpc) is 2.27. The topological polar surface area (TPSA) is 49.8 Å². The lowest BCUT2D eigenvalue weighted by molar-refractivity contribution is -0.137. The second kappa shape index (κ2) is 5.70. The summed E-state index contributed by atoms with van der Waals surface area (Å²) in [6.45, 7) is 4.24. The molecule has 0 spiro atoms. The largest absolute Gasteiger partial charge is 0.443 e. The monoisotopic (exact) mass is 291 g/mol. The highest BCUT2D eigenvalue weighted by Gasteiger charge is 2.30. The van der Waals surface area contributed by atoms with Crippen molar-refractivity contribution in [1.29, 1.82) is 0 Å². The Kier molecular flexibility index (Phi) is 4.65. The van der Waals surface area contributed by atoms with Crippen LogP contribution in [0.5, 0.6) is 0 Å². The molecule has 0 heterocycles. The maximum Gasteiger partial charge on any atom is 0.416 e. The average molecular weight is 291 g/mol. The SMILES string of the molecule is CC(C)(C)OC(=O)N(CO)c1ccc(C(F)(F)F)cc1. The molecule has 1 rings (SSSR count). The summed E-state index contributed by atoms with van der Waals surface area (Å²) in [5.74, 6) is 0. The van der Waals surface area contributed by atoms with E-state index in [1.165, 1.54) is 0 Å². The Hall–Kier alpha value is -1.76. The predicted molar refractivity (Wildman–Crippen MR) is 67.2 cm³/mol. The number of aliphatic hydroxyl groups is 1. The smallest absolute Gasteiger partial charge is 0.416 e. The minimum atomic E-state index is -4.45. The van der Waals surface area contributed by atoms with Crippen LogP contribution in [-0.4, -0.2) is 23.5 Å². The van der Waals surface area contributed by atoms with Crippen molar-refractivity contribution in [3.63, 3.8) is 0 Å². The van der Waals surface area contributed by atoms with Gasteiger partial charge in [0.05, 0.1) is 5.56 Å². The zero-order valence-electron chi connectivity index (χ0n) is 11.4.